The van der Waals surface area contributed by atoms with Crippen LogP contribution in [0.3, 0.4) is 0 Å². The molecule has 1 rings (SSSR count). The molecular formula is C13H21NO. The van der Waals surface area contributed by atoms with E-state index < -0.39 is 0 Å². The van der Waals surface area contributed by atoms with Crippen LogP contribution in [0.1, 0.15) is 24.5 Å². The molecule has 0 aliphatic carbocycles. The molecule has 0 aliphatic rings. The predicted molar refractivity (Wildman–Crippen MR) is 64.6 cm³/mol. The van der Waals surface area contributed by atoms with Gasteiger partial charge in [-0.2, -0.15) is 0 Å². The highest BCUT2D eigenvalue weighted by Gasteiger charge is 1.98. The summed E-state index contributed by atoms with van der Waals surface area (Å²) in [5.41, 5.74) is 2.49. The van der Waals surface area contributed by atoms with Gasteiger partial charge in [-0.05, 0) is 38.4 Å². The summed E-state index contributed by atoms with van der Waals surface area (Å²) in [5, 5.41) is 3.31. The molecule has 1 N–H and O–H groups in total. The Labute approximate surface area is 92.6 Å². The van der Waals surface area contributed by atoms with Crippen LogP contribution in [-0.2, 0) is 0 Å². The van der Waals surface area contributed by atoms with Crippen LogP contribution in [0.15, 0.2) is 18.2 Å². The molecule has 15 heavy (non-hydrogen) atoms. The number of hydrogen-bond donors (Lipinski definition) is 1. The summed E-state index contributed by atoms with van der Waals surface area (Å²) in [5.74, 6) is 0.999. The van der Waals surface area contributed by atoms with Gasteiger partial charge in [0, 0.05) is 6.54 Å². The van der Waals surface area contributed by atoms with E-state index in [-0.39, 0.29) is 0 Å². The quantitative estimate of drug-likeness (QED) is 0.724. The van der Waals surface area contributed by atoms with Crippen molar-refractivity contribution in [2.24, 2.45) is 0 Å². The molecule has 84 valence electrons. The van der Waals surface area contributed by atoms with E-state index in [4.69, 9.17) is 4.74 Å². The molecule has 0 unspecified atom stereocenters. The van der Waals surface area contributed by atoms with E-state index in [0.717, 1.165) is 25.4 Å². The lowest BCUT2D eigenvalue weighted by Gasteiger charge is -2.10. The maximum absolute atomic E-state index is 5.68. The third-order valence-corrected chi connectivity index (χ3v) is 2.29. The molecule has 0 radical (unpaired) electrons. The van der Waals surface area contributed by atoms with Crippen molar-refractivity contribution in [3.05, 3.63) is 29.3 Å². The number of aryl methyl sites for hydroxylation is 2. The molecular weight excluding hydrogens is 186 g/mol. The second kappa shape index (κ2) is 6.46. The van der Waals surface area contributed by atoms with E-state index in [1.54, 1.807) is 0 Å². The Morgan fingerprint density at radius 1 is 1.20 bits per heavy atom. The minimum absolute atomic E-state index is 0.740. The van der Waals surface area contributed by atoms with E-state index in [0.29, 0.717) is 0 Å². The molecule has 0 aliphatic heterocycles. The lowest BCUT2D eigenvalue weighted by Crippen LogP contribution is -2.21. The minimum atomic E-state index is 0.740. The smallest absolute Gasteiger partial charge is 0.122 e. The van der Waals surface area contributed by atoms with Gasteiger partial charge in [-0.3, -0.25) is 0 Å². The number of benzene rings is 1. The average Bonchev–Trinajstić information content (AvgIpc) is 2.20. The van der Waals surface area contributed by atoms with Crippen molar-refractivity contribution >= 4 is 0 Å². The van der Waals surface area contributed by atoms with Crippen molar-refractivity contribution in [2.45, 2.75) is 27.2 Å². The van der Waals surface area contributed by atoms with E-state index in [1.807, 2.05) is 6.07 Å². The lowest BCUT2D eigenvalue weighted by molar-refractivity contribution is 0.312. The molecule has 0 fully saturated rings. The van der Waals surface area contributed by atoms with Gasteiger partial charge in [0.25, 0.3) is 0 Å². The predicted octanol–water partition coefficient (Wildman–Crippen LogP) is 2.68. The highest BCUT2D eigenvalue weighted by Crippen LogP contribution is 2.18. The van der Waals surface area contributed by atoms with E-state index in [1.165, 1.54) is 17.5 Å². The van der Waals surface area contributed by atoms with Gasteiger partial charge >= 0.3 is 0 Å². The fraction of sp³-hybridized carbons (Fsp3) is 0.538. The van der Waals surface area contributed by atoms with Crippen LogP contribution < -0.4 is 10.1 Å². The fourth-order valence-corrected chi connectivity index (χ4v) is 1.50. The van der Waals surface area contributed by atoms with Gasteiger partial charge in [-0.25, -0.2) is 0 Å². The Morgan fingerprint density at radius 3 is 2.67 bits per heavy atom. The Balaban J connectivity index is 2.31. The van der Waals surface area contributed by atoms with Gasteiger partial charge in [0.2, 0.25) is 0 Å². The maximum atomic E-state index is 5.68. The van der Waals surface area contributed by atoms with Crippen LogP contribution in [0.4, 0.5) is 0 Å². The zero-order valence-electron chi connectivity index (χ0n) is 9.97. The van der Waals surface area contributed by atoms with Gasteiger partial charge in [0.1, 0.15) is 12.4 Å². The van der Waals surface area contributed by atoms with Crippen LogP contribution in [0, 0.1) is 13.8 Å². The Kier molecular flexibility index (Phi) is 5.19. The van der Waals surface area contributed by atoms with E-state index in [2.05, 4.69) is 38.2 Å². The summed E-state index contributed by atoms with van der Waals surface area (Å²) >= 11 is 0. The zero-order valence-corrected chi connectivity index (χ0v) is 9.97. The molecule has 0 aromatic heterocycles. The first-order valence-electron chi connectivity index (χ1n) is 5.65. The van der Waals surface area contributed by atoms with Gasteiger partial charge in [0.15, 0.2) is 0 Å². The molecule has 0 saturated heterocycles. The zero-order chi connectivity index (χ0) is 11.1. The first kappa shape index (κ1) is 12.1. The van der Waals surface area contributed by atoms with Gasteiger partial charge in [-0.1, -0.05) is 24.6 Å². The molecule has 2 heteroatoms. The van der Waals surface area contributed by atoms with Crippen LogP contribution in [0.2, 0.25) is 0 Å². The molecule has 2 nitrogen and oxygen atoms in total. The molecule has 1 aromatic carbocycles. The van der Waals surface area contributed by atoms with Crippen LogP contribution >= 0.6 is 0 Å². The van der Waals surface area contributed by atoms with Crippen molar-refractivity contribution < 1.29 is 4.74 Å². The summed E-state index contributed by atoms with van der Waals surface area (Å²) in [4.78, 5) is 0. The van der Waals surface area contributed by atoms with Crippen LogP contribution in [0.5, 0.6) is 5.75 Å². The van der Waals surface area contributed by atoms with Crippen molar-refractivity contribution in [1.29, 1.82) is 0 Å². The maximum Gasteiger partial charge on any atom is 0.122 e. The molecule has 0 saturated carbocycles. The van der Waals surface area contributed by atoms with Gasteiger partial charge < -0.3 is 10.1 Å². The highest BCUT2D eigenvalue weighted by molar-refractivity contribution is 5.35. The van der Waals surface area contributed by atoms with Crippen molar-refractivity contribution in [1.82, 2.24) is 5.32 Å². The summed E-state index contributed by atoms with van der Waals surface area (Å²) in [6, 6.07) is 6.28. The second-order valence-electron chi connectivity index (χ2n) is 3.87. The minimum Gasteiger partial charge on any atom is -0.492 e. The van der Waals surface area contributed by atoms with Crippen molar-refractivity contribution in [3.63, 3.8) is 0 Å². The Bertz CT molecular complexity index is 297. The Hall–Kier alpha value is -1.02. The SMILES string of the molecule is CCCNCCOc1ccc(C)cc1C. The van der Waals surface area contributed by atoms with Gasteiger partial charge in [-0.15, -0.1) is 0 Å². The third-order valence-electron chi connectivity index (χ3n) is 2.29. The summed E-state index contributed by atoms with van der Waals surface area (Å²) in [6.45, 7) is 9.07. The third kappa shape index (κ3) is 4.34. The lowest BCUT2D eigenvalue weighted by atomic mass is 10.1. The van der Waals surface area contributed by atoms with Crippen LogP contribution in [-0.4, -0.2) is 19.7 Å². The van der Waals surface area contributed by atoms with Crippen molar-refractivity contribution in [2.75, 3.05) is 19.7 Å². The van der Waals surface area contributed by atoms with Crippen molar-refractivity contribution in [3.8, 4) is 5.75 Å². The molecule has 0 bridgehead atoms. The van der Waals surface area contributed by atoms with Crippen LogP contribution in [0.25, 0.3) is 0 Å². The molecule has 1 aromatic rings. The highest BCUT2D eigenvalue weighted by atomic mass is 16.5. The monoisotopic (exact) mass is 207 g/mol. The number of rotatable bonds is 6. The van der Waals surface area contributed by atoms with E-state index in [9.17, 15) is 0 Å². The topological polar surface area (TPSA) is 21.3 Å². The molecule has 0 heterocycles. The molecule has 0 amide bonds. The number of nitrogens with one attached hydrogen (secondary N) is 1. The largest absolute Gasteiger partial charge is 0.492 e. The standard InChI is InChI=1S/C13H21NO/c1-4-7-14-8-9-15-13-6-5-11(2)10-12(13)3/h5-6,10,14H,4,7-9H2,1-3H3. The summed E-state index contributed by atoms with van der Waals surface area (Å²) < 4.78 is 5.68. The number of ether oxygens (including phenoxy) is 1. The fourth-order valence-electron chi connectivity index (χ4n) is 1.50. The summed E-state index contributed by atoms with van der Waals surface area (Å²) in [7, 11) is 0. The first-order chi connectivity index (χ1) is 7.24. The van der Waals surface area contributed by atoms with Gasteiger partial charge in [0.05, 0.1) is 0 Å². The molecule has 0 atom stereocenters. The second-order valence-corrected chi connectivity index (χ2v) is 3.87. The Morgan fingerprint density at radius 2 is 2.00 bits per heavy atom. The van der Waals surface area contributed by atoms with E-state index >= 15 is 0 Å². The average molecular weight is 207 g/mol. The first-order valence-corrected chi connectivity index (χ1v) is 5.65. The molecule has 0 spiro atoms. The normalized spacial score (nSPS) is 10.3. The number of hydrogen-bond acceptors (Lipinski definition) is 2. The summed E-state index contributed by atoms with van der Waals surface area (Å²) in [6.07, 6.45) is 1.17.